The van der Waals surface area contributed by atoms with Crippen LogP contribution in [-0.2, 0) is 11.2 Å². The minimum Gasteiger partial charge on any atom is -0.361 e. The standard InChI is InChI=1S/C19H16N2O2/c22-18-15-6-1-2-7-16(15)19-21(18)13(11-23-19)9-12-10-20-17-8-4-3-5-14(12)17/h1-8,10,13,19-20H,9,11H2/t13-,19+/m1/s1. The molecule has 3 heterocycles. The summed E-state index contributed by atoms with van der Waals surface area (Å²) < 4.78 is 5.94. The summed E-state index contributed by atoms with van der Waals surface area (Å²) in [5.41, 5.74) is 4.15. The Balaban J connectivity index is 1.49. The number of H-pyrrole nitrogens is 1. The molecule has 2 aliphatic heterocycles. The van der Waals surface area contributed by atoms with E-state index < -0.39 is 0 Å². The Morgan fingerprint density at radius 3 is 2.91 bits per heavy atom. The largest absolute Gasteiger partial charge is 0.361 e. The Morgan fingerprint density at radius 1 is 1.13 bits per heavy atom. The first-order chi connectivity index (χ1) is 11.3. The molecule has 1 aromatic heterocycles. The van der Waals surface area contributed by atoms with Crippen molar-refractivity contribution < 1.29 is 9.53 Å². The Morgan fingerprint density at radius 2 is 1.96 bits per heavy atom. The molecule has 23 heavy (non-hydrogen) atoms. The second-order valence-corrected chi connectivity index (χ2v) is 6.20. The van der Waals surface area contributed by atoms with Crippen molar-refractivity contribution in [3.63, 3.8) is 0 Å². The van der Waals surface area contributed by atoms with Crippen molar-refractivity contribution in [1.29, 1.82) is 0 Å². The van der Waals surface area contributed by atoms with Crippen LogP contribution in [0.3, 0.4) is 0 Å². The first-order valence-corrected chi connectivity index (χ1v) is 7.91. The van der Waals surface area contributed by atoms with Crippen LogP contribution < -0.4 is 0 Å². The van der Waals surface area contributed by atoms with Crippen LogP contribution in [0.1, 0.15) is 27.7 Å². The molecule has 0 aliphatic carbocycles. The van der Waals surface area contributed by atoms with Gasteiger partial charge >= 0.3 is 0 Å². The number of rotatable bonds is 2. The normalized spacial score (nSPS) is 22.6. The Hall–Kier alpha value is -2.59. The molecule has 4 heteroatoms. The number of nitrogens with zero attached hydrogens (tertiary/aromatic N) is 1. The van der Waals surface area contributed by atoms with Gasteiger partial charge in [-0.15, -0.1) is 0 Å². The fourth-order valence-electron chi connectivity index (χ4n) is 3.82. The molecule has 0 unspecified atom stereocenters. The summed E-state index contributed by atoms with van der Waals surface area (Å²) in [6.07, 6.45) is 2.64. The first kappa shape index (κ1) is 12.9. The number of hydrogen-bond acceptors (Lipinski definition) is 2. The summed E-state index contributed by atoms with van der Waals surface area (Å²) in [4.78, 5) is 17.9. The van der Waals surface area contributed by atoms with Gasteiger partial charge in [0.1, 0.15) is 0 Å². The number of amides is 1. The third kappa shape index (κ3) is 1.79. The lowest BCUT2D eigenvalue weighted by Crippen LogP contribution is -2.35. The molecular weight excluding hydrogens is 288 g/mol. The minimum atomic E-state index is -0.214. The highest BCUT2D eigenvalue weighted by atomic mass is 16.5. The number of fused-ring (bicyclic) bond motifs is 4. The van der Waals surface area contributed by atoms with Crippen LogP contribution in [0, 0.1) is 0 Å². The predicted octanol–water partition coefficient (Wildman–Crippen LogP) is 3.26. The maximum Gasteiger partial charge on any atom is 0.256 e. The average molecular weight is 304 g/mol. The number of ether oxygens (including phenoxy) is 1. The highest BCUT2D eigenvalue weighted by molar-refractivity contribution is 5.99. The van der Waals surface area contributed by atoms with Gasteiger partial charge in [0.05, 0.1) is 12.6 Å². The summed E-state index contributed by atoms with van der Waals surface area (Å²) in [5.74, 6) is 0.0907. The zero-order valence-electron chi connectivity index (χ0n) is 12.5. The number of nitrogens with one attached hydrogen (secondary N) is 1. The van der Waals surface area contributed by atoms with Gasteiger partial charge in [-0.2, -0.15) is 0 Å². The summed E-state index contributed by atoms with van der Waals surface area (Å²) in [6, 6.07) is 16.1. The van der Waals surface area contributed by atoms with Crippen molar-refractivity contribution in [2.75, 3.05) is 6.61 Å². The molecule has 1 N–H and O–H groups in total. The van der Waals surface area contributed by atoms with E-state index in [2.05, 4.69) is 17.1 Å². The fraction of sp³-hybridized carbons (Fsp3) is 0.211. The maximum atomic E-state index is 12.7. The van der Waals surface area contributed by atoms with Crippen molar-refractivity contribution in [1.82, 2.24) is 9.88 Å². The first-order valence-electron chi connectivity index (χ1n) is 7.91. The molecule has 1 saturated heterocycles. The molecular formula is C19H16N2O2. The summed E-state index contributed by atoms with van der Waals surface area (Å²) in [6.45, 7) is 0.588. The van der Waals surface area contributed by atoms with Crippen molar-refractivity contribution in [2.24, 2.45) is 0 Å². The molecule has 2 aliphatic rings. The second-order valence-electron chi connectivity index (χ2n) is 6.20. The van der Waals surface area contributed by atoms with Crippen LogP contribution >= 0.6 is 0 Å². The lowest BCUT2D eigenvalue weighted by atomic mass is 10.0. The molecule has 0 saturated carbocycles. The van der Waals surface area contributed by atoms with Gasteiger partial charge in [-0.3, -0.25) is 4.79 Å². The van der Waals surface area contributed by atoms with Crippen LogP contribution in [0.15, 0.2) is 54.7 Å². The minimum absolute atomic E-state index is 0.0825. The SMILES string of the molecule is O=C1c2ccccc2[C@@H]2OC[C@@H](Cc3c[nH]c4ccccc34)N12. The van der Waals surface area contributed by atoms with E-state index in [1.165, 1.54) is 10.9 Å². The van der Waals surface area contributed by atoms with Crippen LogP contribution in [-0.4, -0.2) is 28.4 Å². The Kier molecular flexibility index (Phi) is 2.64. The summed E-state index contributed by atoms with van der Waals surface area (Å²) in [5, 5.41) is 1.22. The highest BCUT2D eigenvalue weighted by Crippen LogP contribution is 2.41. The number of carbonyl (C=O) groups is 1. The van der Waals surface area contributed by atoms with E-state index in [0.29, 0.717) is 6.61 Å². The molecule has 114 valence electrons. The van der Waals surface area contributed by atoms with Gasteiger partial charge in [0, 0.05) is 28.2 Å². The number of benzene rings is 2. The quantitative estimate of drug-likeness (QED) is 0.790. The summed E-state index contributed by atoms with van der Waals surface area (Å²) >= 11 is 0. The topological polar surface area (TPSA) is 45.3 Å². The van der Waals surface area contributed by atoms with Gasteiger partial charge in [-0.25, -0.2) is 0 Å². The van der Waals surface area contributed by atoms with Gasteiger partial charge in [-0.05, 0) is 24.1 Å². The summed E-state index contributed by atoms with van der Waals surface area (Å²) in [7, 11) is 0. The number of aromatic amines is 1. The molecule has 1 fully saturated rings. The molecule has 3 aromatic rings. The van der Waals surface area contributed by atoms with Crippen LogP contribution in [0.5, 0.6) is 0 Å². The van der Waals surface area contributed by atoms with Crippen LogP contribution in [0.2, 0.25) is 0 Å². The highest BCUT2D eigenvalue weighted by Gasteiger charge is 2.46. The zero-order valence-corrected chi connectivity index (χ0v) is 12.5. The Bertz CT molecular complexity index is 914. The molecule has 2 aromatic carbocycles. The van der Waals surface area contributed by atoms with E-state index in [4.69, 9.17) is 4.74 Å². The van der Waals surface area contributed by atoms with E-state index in [1.807, 2.05) is 47.5 Å². The number of carbonyl (C=O) groups excluding carboxylic acids is 1. The monoisotopic (exact) mass is 304 g/mol. The second kappa shape index (κ2) is 4.70. The number of para-hydroxylation sites is 1. The lowest BCUT2D eigenvalue weighted by Gasteiger charge is -2.21. The van der Waals surface area contributed by atoms with E-state index in [9.17, 15) is 4.79 Å². The van der Waals surface area contributed by atoms with Crippen LogP contribution in [0.25, 0.3) is 10.9 Å². The van der Waals surface area contributed by atoms with Crippen molar-refractivity contribution in [2.45, 2.75) is 18.7 Å². The van der Waals surface area contributed by atoms with Gasteiger partial charge in [0.2, 0.25) is 0 Å². The third-order valence-corrected chi connectivity index (χ3v) is 4.91. The molecule has 5 rings (SSSR count). The van der Waals surface area contributed by atoms with Gasteiger partial charge < -0.3 is 14.6 Å². The molecule has 0 bridgehead atoms. The molecule has 0 spiro atoms. The van der Waals surface area contributed by atoms with E-state index in [0.717, 1.165) is 23.1 Å². The number of aromatic nitrogens is 1. The predicted molar refractivity (Wildman–Crippen MR) is 87.1 cm³/mol. The molecule has 0 radical (unpaired) electrons. The smallest absolute Gasteiger partial charge is 0.256 e. The van der Waals surface area contributed by atoms with Crippen molar-refractivity contribution >= 4 is 16.8 Å². The molecule has 1 amide bonds. The van der Waals surface area contributed by atoms with Crippen molar-refractivity contribution in [3.8, 4) is 0 Å². The van der Waals surface area contributed by atoms with Crippen LogP contribution in [0.4, 0.5) is 0 Å². The van der Waals surface area contributed by atoms with E-state index >= 15 is 0 Å². The fourth-order valence-corrected chi connectivity index (χ4v) is 3.82. The molecule has 4 nitrogen and oxygen atoms in total. The number of hydrogen-bond donors (Lipinski definition) is 1. The third-order valence-electron chi connectivity index (χ3n) is 4.91. The van der Waals surface area contributed by atoms with E-state index in [1.54, 1.807) is 0 Å². The van der Waals surface area contributed by atoms with Gasteiger partial charge in [-0.1, -0.05) is 36.4 Å². The van der Waals surface area contributed by atoms with Crippen molar-refractivity contribution in [3.05, 3.63) is 71.4 Å². The lowest BCUT2D eigenvalue weighted by molar-refractivity contribution is 0.0353. The maximum absolute atomic E-state index is 12.7. The van der Waals surface area contributed by atoms with Gasteiger partial charge in [0.15, 0.2) is 6.23 Å². The zero-order chi connectivity index (χ0) is 15.4. The molecule has 2 atom stereocenters. The van der Waals surface area contributed by atoms with E-state index in [-0.39, 0.29) is 18.2 Å². The Labute approximate surface area is 133 Å². The van der Waals surface area contributed by atoms with Gasteiger partial charge in [0.25, 0.3) is 5.91 Å². The average Bonchev–Trinajstić information content (AvgIpc) is 3.26.